The van der Waals surface area contributed by atoms with Gasteiger partial charge in [0.15, 0.2) is 5.11 Å². The topological polar surface area (TPSA) is 55.9 Å². The molecule has 3 heterocycles. The average molecular weight is 482 g/mol. The third-order valence-corrected chi connectivity index (χ3v) is 6.49. The van der Waals surface area contributed by atoms with Crippen molar-refractivity contribution >= 4 is 40.6 Å². The third kappa shape index (κ3) is 3.31. The Balaban J connectivity index is 1.40. The quantitative estimate of drug-likeness (QED) is 0.399. The van der Waals surface area contributed by atoms with Crippen LogP contribution in [0.5, 0.6) is 0 Å². The van der Waals surface area contributed by atoms with Crippen molar-refractivity contribution in [3.05, 3.63) is 59.7 Å². The summed E-state index contributed by atoms with van der Waals surface area (Å²) < 4.78 is 67.3. The molecule has 12 heteroatoms. The molecule has 6 nitrogen and oxygen atoms in total. The molecule has 2 bridgehead atoms. The van der Waals surface area contributed by atoms with Gasteiger partial charge in [-0.3, -0.25) is 4.79 Å². The number of piperazine rings is 1. The first-order chi connectivity index (χ1) is 15.6. The summed E-state index contributed by atoms with van der Waals surface area (Å²) in [6.07, 6.45) is -4.23. The van der Waals surface area contributed by atoms with Crippen molar-refractivity contribution in [3.63, 3.8) is 0 Å². The second-order valence-electron chi connectivity index (χ2n) is 7.99. The summed E-state index contributed by atoms with van der Waals surface area (Å²) in [5.74, 6) is -2.35. The molecule has 5 rings (SSSR count). The van der Waals surface area contributed by atoms with Crippen LogP contribution in [-0.2, 0) is 11.0 Å². The Kier molecular flexibility index (Phi) is 4.82. The van der Waals surface area contributed by atoms with E-state index in [-0.39, 0.29) is 17.3 Å². The summed E-state index contributed by atoms with van der Waals surface area (Å²) in [5.41, 5.74) is -1.58. The van der Waals surface area contributed by atoms with Crippen molar-refractivity contribution in [3.8, 4) is 0 Å². The summed E-state index contributed by atoms with van der Waals surface area (Å²) in [6.45, 7) is 0.221. The molecular weight excluding hydrogens is 467 g/mol. The number of rotatable bonds is 2. The van der Waals surface area contributed by atoms with Crippen molar-refractivity contribution in [2.75, 3.05) is 16.8 Å². The fraction of sp³-hybridized carbons (Fsp3) is 0.286. The van der Waals surface area contributed by atoms with Crippen LogP contribution in [0.1, 0.15) is 12.0 Å². The molecule has 3 fully saturated rings. The summed E-state index contributed by atoms with van der Waals surface area (Å²) in [5, 5.41) is 2.52. The van der Waals surface area contributed by atoms with Crippen LogP contribution < -0.4 is 10.2 Å². The number of imide groups is 1. The number of thiocarbonyl (C=S) groups is 1. The van der Waals surface area contributed by atoms with Crippen LogP contribution in [-0.4, -0.2) is 51.5 Å². The number of likely N-dealkylation sites (tertiary alicyclic amines) is 1. The number of halogens is 5. The highest BCUT2D eigenvalue weighted by Gasteiger charge is 2.62. The van der Waals surface area contributed by atoms with Crippen molar-refractivity contribution in [1.82, 2.24) is 9.80 Å². The van der Waals surface area contributed by atoms with E-state index < -0.39 is 59.1 Å². The average Bonchev–Trinajstić information content (AvgIpc) is 3.41. The minimum Gasteiger partial charge on any atom is -0.341 e. The van der Waals surface area contributed by atoms with Gasteiger partial charge in [0.1, 0.15) is 23.4 Å². The van der Waals surface area contributed by atoms with Crippen LogP contribution >= 0.6 is 12.2 Å². The lowest BCUT2D eigenvalue weighted by Crippen LogP contribution is -2.55. The van der Waals surface area contributed by atoms with Gasteiger partial charge in [-0.1, -0.05) is 12.1 Å². The Morgan fingerprint density at radius 3 is 2.39 bits per heavy atom. The number of fused-ring (bicyclic) bond motifs is 5. The highest BCUT2D eigenvalue weighted by Crippen LogP contribution is 2.43. The Hall–Kier alpha value is -3.28. The van der Waals surface area contributed by atoms with Crippen molar-refractivity contribution in [1.29, 1.82) is 0 Å². The highest BCUT2D eigenvalue weighted by molar-refractivity contribution is 7.80. The lowest BCUT2D eigenvalue weighted by atomic mass is 10.1. The van der Waals surface area contributed by atoms with Gasteiger partial charge in [-0.15, -0.1) is 0 Å². The Morgan fingerprint density at radius 2 is 1.73 bits per heavy atom. The molecule has 0 radical (unpaired) electrons. The number of carbonyl (C=O) groups excluding carboxylic acids is 2. The molecule has 3 aliphatic heterocycles. The molecule has 1 N–H and O–H groups in total. The van der Waals surface area contributed by atoms with Gasteiger partial charge in [-0.2, -0.15) is 13.2 Å². The van der Waals surface area contributed by atoms with Crippen LogP contribution in [0.15, 0.2) is 42.5 Å². The smallest absolute Gasteiger partial charge is 0.341 e. The third-order valence-electron chi connectivity index (χ3n) is 6.15. The molecule has 172 valence electrons. The second-order valence-corrected chi connectivity index (χ2v) is 8.38. The summed E-state index contributed by atoms with van der Waals surface area (Å²) >= 11 is 5.32. The first kappa shape index (κ1) is 21.6. The van der Waals surface area contributed by atoms with E-state index in [4.69, 9.17) is 12.2 Å². The molecule has 3 saturated heterocycles. The zero-order valence-electron chi connectivity index (χ0n) is 16.6. The van der Waals surface area contributed by atoms with Crippen LogP contribution in [0, 0.1) is 11.6 Å². The van der Waals surface area contributed by atoms with E-state index in [1.165, 1.54) is 17.0 Å². The minimum absolute atomic E-state index is 0.0103. The largest absolute Gasteiger partial charge is 0.416 e. The molecule has 0 aromatic heterocycles. The molecule has 3 aliphatic rings. The molecule has 0 saturated carbocycles. The van der Waals surface area contributed by atoms with E-state index in [2.05, 4.69) is 5.32 Å². The SMILES string of the molecule is O=C1[C@H]2C3CC(CN3C(=S)Nc3c(F)cccc3F)N2C(=O)N1c1cccc(C(F)(F)F)c1. The molecule has 3 atom stereocenters. The van der Waals surface area contributed by atoms with Gasteiger partial charge in [-0.05, 0) is 49.0 Å². The summed E-state index contributed by atoms with van der Waals surface area (Å²) in [7, 11) is 0. The monoisotopic (exact) mass is 482 g/mol. The number of anilines is 2. The predicted molar refractivity (Wildman–Crippen MR) is 111 cm³/mol. The van der Waals surface area contributed by atoms with Crippen molar-refractivity contribution in [2.24, 2.45) is 0 Å². The van der Waals surface area contributed by atoms with Gasteiger partial charge in [0.2, 0.25) is 0 Å². The normalized spacial score (nSPS) is 24.0. The van der Waals surface area contributed by atoms with E-state index in [1.54, 1.807) is 4.90 Å². The van der Waals surface area contributed by atoms with Gasteiger partial charge in [-0.25, -0.2) is 18.5 Å². The number of carbonyl (C=O) groups is 2. The number of hydrogen-bond acceptors (Lipinski definition) is 3. The first-order valence-corrected chi connectivity index (χ1v) is 10.3. The number of hydrogen-bond donors (Lipinski definition) is 1. The first-order valence-electron chi connectivity index (χ1n) is 9.93. The number of urea groups is 1. The van der Waals surface area contributed by atoms with Crippen molar-refractivity contribution < 1.29 is 31.5 Å². The summed E-state index contributed by atoms with van der Waals surface area (Å²) in [6, 6.07) is 4.69. The Morgan fingerprint density at radius 1 is 1.06 bits per heavy atom. The molecular formula is C21H15F5N4O2S. The number of alkyl halides is 3. The van der Waals surface area contributed by atoms with Gasteiger partial charge < -0.3 is 15.1 Å². The maximum Gasteiger partial charge on any atom is 0.416 e. The molecule has 0 spiro atoms. The summed E-state index contributed by atoms with van der Waals surface area (Å²) in [4.78, 5) is 29.8. The zero-order chi connectivity index (χ0) is 23.7. The fourth-order valence-electron chi connectivity index (χ4n) is 4.75. The van der Waals surface area contributed by atoms with Gasteiger partial charge in [0, 0.05) is 6.54 Å². The molecule has 3 amide bonds. The fourth-order valence-corrected chi connectivity index (χ4v) is 5.06. The number of amides is 3. The zero-order valence-corrected chi connectivity index (χ0v) is 17.5. The Bertz CT molecular complexity index is 1170. The predicted octanol–water partition coefficient (Wildman–Crippen LogP) is 3.97. The van der Waals surface area contributed by atoms with E-state index in [9.17, 15) is 31.5 Å². The molecule has 2 aromatic carbocycles. The van der Waals surface area contributed by atoms with Crippen LogP contribution in [0.2, 0.25) is 0 Å². The van der Waals surface area contributed by atoms with E-state index in [1.807, 2.05) is 0 Å². The van der Waals surface area contributed by atoms with E-state index >= 15 is 0 Å². The lowest BCUT2D eigenvalue weighted by molar-refractivity contribution is -0.137. The maximum atomic E-state index is 14.0. The molecule has 2 unspecified atom stereocenters. The second kappa shape index (κ2) is 7.37. The number of nitrogens with zero attached hydrogens (tertiary/aromatic N) is 3. The Labute approximate surface area is 189 Å². The number of nitrogens with one attached hydrogen (secondary N) is 1. The standard InChI is InChI=1S/C21H15F5N4O2S/c22-13-5-2-6-14(23)16(13)27-19(33)28-9-12-8-15(28)17-18(31)30(20(32)29(12)17)11-4-1-3-10(7-11)21(24,25)26/h1-7,12,15,17H,8-9H2,(H,27,33)/t12?,15?,17-/m1/s1. The van der Waals surface area contributed by atoms with Gasteiger partial charge >= 0.3 is 12.2 Å². The number of benzene rings is 2. The maximum absolute atomic E-state index is 14.0. The number of para-hydroxylation sites is 1. The van der Waals surface area contributed by atoms with Crippen molar-refractivity contribution in [2.45, 2.75) is 30.7 Å². The van der Waals surface area contributed by atoms with Gasteiger partial charge in [0.25, 0.3) is 5.91 Å². The minimum atomic E-state index is -4.63. The lowest BCUT2D eigenvalue weighted by Gasteiger charge is -2.36. The van der Waals surface area contributed by atoms with Gasteiger partial charge in [0.05, 0.1) is 23.3 Å². The molecule has 2 aromatic rings. The van der Waals surface area contributed by atoms with E-state index in [0.717, 1.165) is 35.2 Å². The van der Waals surface area contributed by atoms with Crippen LogP contribution in [0.4, 0.5) is 38.1 Å². The highest BCUT2D eigenvalue weighted by atomic mass is 32.1. The van der Waals surface area contributed by atoms with Crippen LogP contribution in [0.3, 0.4) is 0 Å². The molecule has 33 heavy (non-hydrogen) atoms. The molecule has 0 aliphatic carbocycles. The van der Waals surface area contributed by atoms with E-state index in [0.29, 0.717) is 6.42 Å². The van der Waals surface area contributed by atoms with Crippen LogP contribution in [0.25, 0.3) is 0 Å².